The molecular weight excluding hydrogens is 401 g/mol. The van der Waals surface area contributed by atoms with Gasteiger partial charge in [0.2, 0.25) is 0 Å². The molecule has 29 heavy (non-hydrogen) atoms. The van der Waals surface area contributed by atoms with Gasteiger partial charge in [0.05, 0.1) is 6.54 Å². The van der Waals surface area contributed by atoms with Gasteiger partial charge in [-0.05, 0) is 31.0 Å². The number of hydrogen-bond acceptors (Lipinski definition) is 6. The van der Waals surface area contributed by atoms with Gasteiger partial charge in [-0.25, -0.2) is 17.6 Å². The van der Waals surface area contributed by atoms with Crippen molar-refractivity contribution in [1.29, 1.82) is 0 Å². The summed E-state index contributed by atoms with van der Waals surface area (Å²) in [7, 11) is -3.60. The van der Waals surface area contributed by atoms with Crippen LogP contribution < -0.4 is 4.90 Å². The molecule has 0 spiro atoms. The third-order valence-electron chi connectivity index (χ3n) is 5.65. The Bertz CT molecular complexity index is 876. The van der Waals surface area contributed by atoms with Gasteiger partial charge in [0.25, 0.3) is 0 Å². The number of piperazine rings is 1. The molecule has 0 bridgehead atoms. The van der Waals surface area contributed by atoms with Gasteiger partial charge in [-0.3, -0.25) is 9.69 Å². The second-order valence-electron chi connectivity index (χ2n) is 7.66. The molecule has 8 nitrogen and oxygen atoms in total. The lowest BCUT2D eigenvalue weighted by Crippen LogP contribution is -2.49. The molecule has 0 saturated carbocycles. The first-order chi connectivity index (χ1) is 13.6. The van der Waals surface area contributed by atoms with Crippen LogP contribution in [0.25, 0.3) is 0 Å². The van der Waals surface area contributed by atoms with E-state index in [9.17, 15) is 22.4 Å². The number of hydrogen-bond donors (Lipinski definition) is 1. The van der Waals surface area contributed by atoms with Crippen LogP contribution in [-0.2, 0) is 14.6 Å². The van der Waals surface area contributed by atoms with E-state index in [1.165, 1.54) is 17.0 Å². The molecule has 160 valence electrons. The fourth-order valence-electron chi connectivity index (χ4n) is 3.89. The Kier molecular flexibility index (Phi) is 6.42. The number of rotatable bonds is 5. The average Bonchev–Trinajstić information content (AvgIpc) is 2.67. The number of piperidine rings is 1. The van der Waals surface area contributed by atoms with E-state index < -0.39 is 21.7 Å². The van der Waals surface area contributed by atoms with Crippen molar-refractivity contribution in [3.8, 4) is 0 Å². The molecule has 1 N–H and O–H groups in total. The zero-order valence-corrected chi connectivity index (χ0v) is 17.2. The van der Waals surface area contributed by atoms with E-state index >= 15 is 0 Å². The Balaban J connectivity index is 1.50. The van der Waals surface area contributed by atoms with Crippen LogP contribution >= 0.6 is 0 Å². The molecule has 0 aromatic heterocycles. The van der Waals surface area contributed by atoms with E-state index in [4.69, 9.17) is 5.11 Å². The number of nitrogens with zero attached hydrogens (tertiary/aromatic N) is 3. The van der Waals surface area contributed by atoms with Crippen LogP contribution in [0.1, 0.15) is 12.8 Å². The van der Waals surface area contributed by atoms with E-state index in [0.29, 0.717) is 64.3 Å². The first-order valence-corrected chi connectivity index (χ1v) is 11.5. The molecule has 0 radical (unpaired) electrons. The van der Waals surface area contributed by atoms with E-state index in [-0.39, 0.29) is 16.6 Å². The Morgan fingerprint density at radius 1 is 1.10 bits per heavy atom. The quantitative estimate of drug-likeness (QED) is 0.757. The summed E-state index contributed by atoms with van der Waals surface area (Å²) in [4.78, 5) is 28.6. The zero-order valence-electron chi connectivity index (χ0n) is 16.4. The minimum Gasteiger partial charge on any atom is -0.465 e. The first kappa shape index (κ1) is 21.5. The third kappa shape index (κ3) is 5.24. The second-order valence-corrected chi connectivity index (χ2v) is 9.64. The topological polar surface area (TPSA) is 98.2 Å². The lowest BCUT2D eigenvalue weighted by atomic mass is 9.92. The number of halogens is 1. The normalized spacial score (nSPS) is 19.4. The van der Waals surface area contributed by atoms with Gasteiger partial charge in [-0.2, -0.15) is 0 Å². The summed E-state index contributed by atoms with van der Waals surface area (Å²) < 4.78 is 37.2. The van der Waals surface area contributed by atoms with Gasteiger partial charge in [-0.15, -0.1) is 0 Å². The van der Waals surface area contributed by atoms with Crippen LogP contribution in [0.15, 0.2) is 23.1 Å². The standard InChI is InChI=1S/C19H26FN3O5S/c1-29(27,28)18-3-2-15(12-16(18)20)22-10-8-21(9-11-22)13-17(24)14-4-6-23(7-5-14)19(25)26/h2-3,12,14H,4-11,13H2,1H3,(H,25,26). The van der Waals surface area contributed by atoms with Crippen molar-refractivity contribution in [1.82, 2.24) is 9.80 Å². The predicted molar refractivity (Wildman–Crippen MR) is 105 cm³/mol. The minimum absolute atomic E-state index is 0.0961. The molecule has 1 aromatic carbocycles. The Labute approximate surface area is 169 Å². The zero-order chi connectivity index (χ0) is 21.2. The Hall–Kier alpha value is -2.20. The van der Waals surface area contributed by atoms with Crippen molar-refractivity contribution in [2.75, 3.05) is 57.0 Å². The molecule has 1 aromatic rings. The number of carbonyl (C=O) groups is 2. The summed E-state index contributed by atoms with van der Waals surface area (Å²) in [6.07, 6.45) is 1.17. The number of Topliss-reactive ketones (excluding diaryl/α,β-unsaturated/α-hetero) is 1. The maximum atomic E-state index is 14.1. The highest BCUT2D eigenvalue weighted by atomic mass is 32.2. The first-order valence-electron chi connectivity index (χ1n) is 9.62. The summed E-state index contributed by atoms with van der Waals surface area (Å²) in [5.41, 5.74) is 0.627. The van der Waals surface area contributed by atoms with Crippen molar-refractivity contribution in [3.05, 3.63) is 24.0 Å². The van der Waals surface area contributed by atoms with E-state index in [0.717, 1.165) is 6.26 Å². The number of carbonyl (C=O) groups excluding carboxylic acids is 1. The van der Waals surface area contributed by atoms with Crippen molar-refractivity contribution in [3.63, 3.8) is 0 Å². The summed E-state index contributed by atoms with van der Waals surface area (Å²) in [6.45, 7) is 3.66. The van der Waals surface area contributed by atoms with Gasteiger partial charge >= 0.3 is 6.09 Å². The van der Waals surface area contributed by atoms with Gasteiger partial charge in [0, 0.05) is 57.1 Å². The average molecular weight is 427 g/mol. The van der Waals surface area contributed by atoms with Crippen molar-refractivity contribution >= 4 is 27.4 Å². The molecule has 3 rings (SSSR count). The molecule has 2 heterocycles. The largest absolute Gasteiger partial charge is 0.465 e. The molecule has 10 heteroatoms. The van der Waals surface area contributed by atoms with Crippen LogP contribution in [-0.4, -0.2) is 87.3 Å². The Morgan fingerprint density at radius 3 is 2.24 bits per heavy atom. The van der Waals surface area contributed by atoms with Gasteiger partial charge in [-0.1, -0.05) is 0 Å². The van der Waals surface area contributed by atoms with Crippen LogP contribution in [0.5, 0.6) is 0 Å². The molecule has 0 aliphatic carbocycles. The van der Waals surface area contributed by atoms with E-state index in [1.807, 2.05) is 4.90 Å². The number of anilines is 1. The highest BCUT2D eigenvalue weighted by molar-refractivity contribution is 7.90. The van der Waals surface area contributed by atoms with E-state index in [1.54, 1.807) is 6.07 Å². The van der Waals surface area contributed by atoms with Gasteiger partial charge in [0.1, 0.15) is 16.5 Å². The van der Waals surface area contributed by atoms with Crippen LogP contribution in [0.3, 0.4) is 0 Å². The highest BCUT2D eigenvalue weighted by Gasteiger charge is 2.29. The monoisotopic (exact) mass is 427 g/mol. The minimum atomic E-state index is -3.60. The van der Waals surface area contributed by atoms with Crippen molar-refractivity contribution < 1.29 is 27.5 Å². The fourth-order valence-corrected chi connectivity index (χ4v) is 4.62. The van der Waals surface area contributed by atoms with E-state index in [2.05, 4.69) is 4.90 Å². The molecule has 2 aliphatic heterocycles. The molecule has 2 aliphatic rings. The molecular formula is C19H26FN3O5S. The lowest BCUT2D eigenvalue weighted by molar-refractivity contribution is -0.125. The molecule has 1 amide bonds. The number of sulfone groups is 1. The lowest BCUT2D eigenvalue weighted by Gasteiger charge is -2.37. The van der Waals surface area contributed by atoms with Crippen molar-refractivity contribution in [2.45, 2.75) is 17.7 Å². The second kappa shape index (κ2) is 8.66. The summed E-state index contributed by atoms with van der Waals surface area (Å²) >= 11 is 0. The molecule has 0 atom stereocenters. The Morgan fingerprint density at radius 2 is 1.72 bits per heavy atom. The summed E-state index contributed by atoms with van der Waals surface area (Å²) in [6, 6.07) is 4.14. The molecule has 2 fully saturated rings. The third-order valence-corrected chi connectivity index (χ3v) is 6.78. The fraction of sp³-hybridized carbons (Fsp3) is 0.579. The SMILES string of the molecule is CS(=O)(=O)c1ccc(N2CCN(CC(=O)C3CCN(C(=O)O)CC3)CC2)cc1F. The summed E-state index contributed by atoms with van der Waals surface area (Å²) in [5.74, 6) is -0.705. The van der Waals surface area contributed by atoms with Crippen molar-refractivity contribution in [2.24, 2.45) is 5.92 Å². The number of benzene rings is 1. The van der Waals surface area contributed by atoms with Crippen LogP contribution in [0.4, 0.5) is 14.9 Å². The maximum Gasteiger partial charge on any atom is 0.407 e. The predicted octanol–water partition coefficient (Wildman–Crippen LogP) is 1.31. The number of ketones is 1. The van der Waals surface area contributed by atoms with Crippen LogP contribution in [0, 0.1) is 11.7 Å². The smallest absolute Gasteiger partial charge is 0.407 e. The highest BCUT2D eigenvalue weighted by Crippen LogP contribution is 2.23. The molecule has 0 unspecified atom stereocenters. The van der Waals surface area contributed by atoms with Gasteiger partial charge < -0.3 is 14.9 Å². The van der Waals surface area contributed by atoms with Crippen LogP contribution in [0.2, 0.25) is 0 Å². The number of likely N-dealkylation sites (tertiary alicyclic amines) is 1. The van der Waals surface area contributed by atoms with Gasteiger partial charge in [0.15, 0.2) is 9.84 Å². The maximum absolute atomic E-state index is 14.1. The number of carboxylic acid groups (broad SMARTS) is 1. The molecule has 2 saturated heterocycles. The number of amides is 1. The summed E-state index contributed by atoms with van der Waals surface area (Å²) in [5, 5.41) is 8.99.